The number of nitrogens with one attached hydrogen (secondary N) is 2. The molecule has 1 unspecified atom stereocenters. The number of halogens is 1. The zero-order chi connectivity index (χ0) is 18.7. The van der Waals surface area contributed by atoms with Gasteiger partial charge in [0.2, 0.25) is 11.8 Å². The Morgan fingerprint density at radius 2 is 2.19 bits per heavy atom. The van der Waals surface area contributed by atoms with Gasteiger partial charge in [-0.1, -0.05) is 6.07 Å². The van der Waals surface area contributed by atoms with E-state index in [9.17, 15) is 14.0 Å². The Morgan fingerprint density at radius 1 is 1.42 bits per heavy atom. The molecule has 0 spiro atoms. The second-order valence-corrected chi connectivity index (χ2v) is 7.13. The van der Waals surface area contributed by atoms with Crippen LogP contribution in [0.3, 0.4) is 0 Å². The van der Waals surface area contributed by atoms with E-state index in [1.807, 2.05) is 0 Å². The number of methoxy groups -OCH3 is 1. The predicted molar refractivity (Wildman–Crippen MR) is 96.7 cm³/mol. The van der Waals surface area contributed by atoms with Crippen LogP contribution in [0.5, 0.6) is 5.75 Å². The number of nitrogens with zero attached hydrogens (tertiary/aromatic N) is 1. The third-order valence-electron chi connectivity index (χ3n) is 4.13. The highest BCUT2D eigenvalue weighted by Gasteiger charge is 2.30. The first-order chi connectivity index (χ1) is 12.5. The lowest BCUT2D eigenvalue weighted by molar-refractivity contribution is -0.121. The topological polar surface area (TPSA) is 80.3 Å². The first kappa shape index (κ1) is 18.3. The molecule has 1 fully saturated rings. The van der Waals surface area contributed by atoms with E-state index in [0.29, 0.717) is 16.4 Å². The fourth-order valence-electron chi connectivity index (χ4n) is 2.49. The van der Waals surface area contributed by atoms with Crippen LogP contribution >= 0.6 is 11.3 Å². The van der Waals surface area contributed by atoms with E-state index in [-0.39, 0.29) is 35.9 Å². The summed E-state index contributed by atoms with van der Waals surface area (Å²) in [5.41, 5.74) is 1.24. The summed E-state index contributed by atoms with van der Waals surface area (Å²) in [6.07, 6.45) is 1.95. The average molecular weight is 377 g/mol. The molecule has 0 bridgehead atoms. The zero-order valence-electron chi connectivity index (χ0n) is 14.5. The highest BCUT2D eigenvalue weighted by Crippen LogP contribution is 2.30. The molecule has 6 nitrogen and oxygen atoms in total. The molecule has 2 aromatic rings. The van der Waals surface area contributed by atoms with Crippen molar-refractivity contribution in [1.82, 2.24) is 10.3 Å². The molecule has 138 valence electrons. The molecule has 1 atom stereocenters. The molecule has 1 saturated carbocycles. The number of ether oxygens (including phenoxy) is 1. The van der Waals surface area contributed by atoms with Crippen LogP contribution in [0.15, 0.2) is 23.6 Å². The van der Waals surface area contributed by atoms with Crippen molar-refractivity contribution in [2.45, 2.75) is 32.2 Å². The highest BCUT2D eigenvalue weighted by molar-refractivity contribution is 7.13. The lowest BCUT2D eigenvalue weighted by Crippen LogP contribution is -2.28. The van der Waals surface area contributed by atoms with Gasteiger partial charge in [-0.2, -0.15) is 0 Å². The van der Waals surface area contributed by atoms with Gasteiger partial charge in [0, 0.05) is 11.3 Å². The smallest absolute Gasteiger partial charge is 0.229 e. The Kier molecular flexibility index (Phi) is 5.51. The van der Waals surface area contributed by atoms with Crippen molar-refractivity contribution in [1.29, 1.82) is 0 Å². The Balaban J connectivity index is 1.54. The van der Waals surface area contributed by atoms with Gasteiger partial charge >= 0.3 is 0 Å². The molecule has 8 heteroatoms. The van der Waals surface area contributed by atoms with Gasteiger partial charge in [-0.25, -0.2) is 9.37 Å². The van der Waals surface area contributed by atoms with Gasteiger partial charge in [0.15, 0.2) is 16.7 Å². The number of benzene rings is 1. The summed E-state index contributed by atoms with van der Waals surface area (Å²) in [7, 11) is 1.40. The fraction of sp³-hybridized carbons (Fsp3) is 0.389. The summed E-state index contributed by atoms with van der Waals surface area (Å²) < 4.78 is 18.7. The maximum atomic E-state index is 13.8. The third-order valence-corrected chi connectivity index (χ3v) is 4.93. The van der Waals surface area contributed by atoms with Crippen LogP contribution in [0.4, 0.5) is 9.52 Å². The second kappa shape index (κ2) is 7.82. The number of carbonyl (C=O) groups is 2. The third kappa shape index (κ3) is 4.57. The fourth-order valence-corrected chi connectivity index (χ4v) is 3.20. The molecule has 1 aliphatic carbocycles. The first-order valence-corrected chi connectivity index (χ1v) is 9.22. The van der Waals surface area contributed by atoms with Gasteiger partial charge in [0.25, 0.3) is 0 Å². The van der Waals surface area contributed by atoms with Gasteiger partial charge in [-0.15, -0.1) is 11.3 Å². The van der Waals surface area contributed by atoms with Gasteiger partial charge in [0.1, 0.15) is 0 Å². The van der Waals surface area contributed by atoms with Crippen molar-refractivity contribution >= 4 is 28.3 Å². The van der Waals surface area contributed by atoms with Crippen LogP contribution in [-0.2, 0) is 16.0 Å². The van der Waals surface area contributed by atoms with E-state index in [1.165, 1.54) is 30.6 Å². The Bertz CT molecular complexity index is 820. The Hall–Kier alpha value is -2.48. The summed E-state index contributed by atoms with van der Waals surface area (Å²) in [5, 5.41) is 7.84. The number of aromatic nitrogens is 1. The van der Waals surface area contributed by atoms with E-state index in [4.69, 9.17) is 4.74 Å². The molecule has 1 aliphatic rings. The summed E-state index contributed by atoms with van der Waals surface area (Å²) in [6, 6.07) is 4.23. The van der Waals surface area contributed by atoms with Crippen molar-refractivity contribution in [2.75, 3.05) is 12.4 Å². The van der Waals surface area contributed by atoms with Crippen LogP contribution in [0, 0.1) is 11.7 Å². The molecule has 2 amide bonds. The number of rotatable bonds is 7. The largest absolute Gasteiger partial charge is 0.494 e. The first-order valence-electron chi connectivity index (χ1n) is 8.34. The number of amides is 2. The highest BCUT2D eigenvalue weighted by atomic mass is 32.1. The summed E-state index contributed by atoms with van der Waals surface area (Å²) in [6.45, 7) is 1.78. The van der Waals surface area contributed by atoms with Crippen molar-refractivity contribution < 1.29 is 18.7 Å². The standard InChI is InChI=1S/C18H20FN3O3S/c1-10(12-5-6-15(25-2)14(19)7-12)20-16(23)8-13-9-26-18(21-13)22-17(24)11-3-4-11/h5-7,9-11H,3-4,8H2,1-2H3,(H,20,23)(H,21,22,24). The molecular weight excluding hydrogens is 357 g/mol. The summed E-state index contributed by atoms with van der Waals surface area (Å²) in [5.74, 6) is -0.432. The van der Waals surface area contributed by atoms with Crippen LogP contribution in [0.1, 0.15) is 37.1 Å². The lowest BCUT2D eigenvalue weighted by Gasteiger charge is -2.15. The van der Waals surface area contributed by atoms with E-state index in [1.54, 1.807) is 18.4 Å². The van der Waals surface area contributed by atoms with Crippen LogP contribution < -0.4 is 15.4 Å². The number of carbonyl (C=O) groups excluding carboxylic acids is 2. The molecule has 0 saturated heterocycles. The van der Waals surface area contributed by atoms with Crippen molar-refractivity contribution in [3.05, 3.63) is 40.7 Å². The minimum atomic E-state index is -0.471. The molecule has 26 heavy (non-hydrogen) atoms. The number of hydrogen-bond acceptors (Lipinski definition) is 5. The quantitative estimate of drug-likeness (QED) is 0.777. The van der Waals surface area contributed by atoms with Gasteiger partial charge in [-0.3, -0.25) is 9.59 Å². The monoisotopic (exact) mass is 377 g/mol. The minimum absolute atomic E-state index is 0.00879. The summed E-state index contributed by atoms with van der Waals surface area (Å²) in [4.78, 5) is 28.2. The molecule has 1 heterocycles. The Morgan fingerprint density at radius 3 is 2.85 bits per heavy atom. The number of thiazole rings is 1. The SMILES string of the molecule is COc1ccc(C(C)NC(=O)Cc2csc(NC(=O)C3CC3)n2)cc1F. The van der Waals surface area contributed by atoms with Gasteiger partial charge in [-0.05, 0) is 37.5 Å². The van der Waals surface area contributed by atoms with Crippen LogP contribution in [0.2, 0.25) is 0 Å². The minimum Gasteiger partial charge on any atom is -0.494 e. The van der Waals surface area contributed by atoms with E-state index in [0.717, 1.165) is 12.8 Å². The average Bonchev–Trinajstić information content (AvgIpc) is 3.37. The maximum absolute atomic E-state index is 13.8. The molecular formula is C18H20FN3O3S. The molecule has 2 N–H and O–H groups in total. The van der Waals surface area contributed by atoms with Crippen LogP contribution in [0.25, 0.3) is 0 Å². The number of anilines is 1. The van der Waals surface area contributed by atoms with Gasteiger partial charge in [0.05, 0.1) is 25.3 Å². The van der Waals surface area contributed by atoms with Crippen molar-refractivity contribution in [2.24, 2.45) is 5.92 Å². The Labute approximate surface area is 154 Å². The summed E-state index contributed by atoms with van der Waals surface area (Å²) >= 11 is 1.30. The normalized spacial score (nSPS) is 14.6. The second-order valence-electron chi connectivity index (χ2n) is 6.27. The van der Waals surface area contributed by atoms with Crippen LogP contribution in [-0.4, -0.2) is 23.9 Å². The van der Waals surface area contributed by atoms with Crippen molar-refractivity contribution in [3.63, 3.8) is 0 Å². The maximum Gasteiger partial charge on any atom is 0.229 e. The lowest BCUT2D eigenvalue weighted by atomic mass is 10.1. The van der Waals surface area contributed by atoms with Crippen molar-refractivity contribution in [3.8, 4) is 5.75 Å². The van der Waals surface area contributed by atoms with E-state index < -0.39 is 5.82 Å². The van der Waals surface area contributed by atoms with Gasteiger partial charge < -0.3 is 15.4 Å². The number of hydrogen-bond donors (Lipinski definition) is 2. The molecule has 1 aromatic heterocycles. The van der Waals surface area contributed by atoms with E-state index >= 15 is 0 Å². The molecule has 1 aromatic carbocycles. The molecule has 3 rings (SSSR count). The predicted octanol–water partition coefficient (Wildman–Crippen LogP) is 3.06. The molecule has 0 radical (unpaired) electrons. The zero-order valence-corrected chi connectivity index (χ0v) is 15.4. The molecule has 0 aliphatic heterocycles. The van der Waals surface area contributed by atoms with E-state index in [2.05, 4.69) is 15.6 Å².